The number of nitrogens with zero attached hydrogens (tertiary/aromatic N) is 3. The Bertz CT molecular complexity index is 629. The fraction of sp³-hybridized carbons (Fsp3) is 0.333. The number of nitrogens with one attached hydrogen (secondary N) is 2. The van der Waals surface area contributed by atoms with Crippen LogP contribution in [-0.4, -0.2) is 29.7 Å². The first kappa shape index (κ1) is 12.7. The van der Waals surface area contributed by atoms with Gasteiger partial charge in [0.05, 0.1) is 6.20 Å². The van der Waals surface area contributed by atoms with Gasteiger partial charge < -0.3 is 10.2 Å². The summed E-state index contributed by atoms with van der Waals surface area (Å²) in [4.78, 5) is 6.64. The van der Waals surface area contributed by atoms with Crippen LogP contribution < -0.4 is 10.2 Å². The van der Waals surface area contributed by atoms with Crippen LogP contribution in [0.5, 0.6) is 0 Å². The highest BCUT2D eigenvalue weighted by Gasteiger charge is 2.22. The fourth-order valence-corrected chi connectivity index (χ4v) is 2.58. The summed E-state index contributed by atoms with van der Waals surface area (Å²) in [5.74, 6) is 0.913. The van der Waals surface area contributed by atoms with E-state index in [-0.39, 0.29) is 0 Å². The molecule has 0 unspecified atom stereocenters. The van der Waals surface area contributed by atoms with Crippen LogP contribution in [0.3, 0.4) is 0 Å². The quantitative estimate of drug-likeness (QED) is 0.646. The molecule has 0 radical (unpaired) electrons. The van der Waals surface area contributed by atoms with Crippen molar-refractivity contribution in [3.8, 4) is 0 Å². The van der Waals surface area contributed by atoms with Gasteiger partial charge in [0.1, 0.15) is 0 Å². The van der Waals surface area contributed by atoms with E-state index in [0.29, 0.717) is 0 Å². The number of para-hydroxylation sites is 1. The van der Waals surface area contributed by atoms with Crippen LogP contribution >= 0.6 is 0 Å². The van der Waals surface area contributed by atoms with Crippen molar-refractivity contribution in [2.75, 3.05) is 18.5 Å². The van der Waals surface area contributed by atoms with E-state index in [0.717, 1.165) is 31.2 Å². The Labute approximate surface area is 118 Å². The Morgan fingerprint density at radius 1 is 1.45 bits per heavy atom. The molecule has 3 rings (SSSR count). The molecule has 2 heterocycles. The number of hydrogen-bond acceptors (Lipinski definition) is 2. The lowest BCUT2D eigenvalue weighted by atomic mass is 10.2. The molecule has 0 spiro atoms. The van der Waals surface area contributed by atoms with E-state index >= 15 is 0 Å². The first-order valence-corrected chi connectivity index (χ1v) is 6.84. The van der Waals surface area contributed by atoms with Gasteiger partial charge in [-0.15, -0.1) is 0 Å². The van der Waals surface area contributed by atoms with Crippen molar-refractivity contribution < 1.29 is 0 Å². The summed E-state index contributed by atoms with van der Waals surface area (Å²) in [7, 11) is 1.82. The van der Waals surface area contributed by atoms with E-state index in [1.807, 2.05) is 20.2 Å². The van der Waals surface area contributed by atoms with E-state index in [4.69, 9.17) is 0 Å². The van der Waals surface area contributed by atoms with E-state index in [1.54, 1.807) is 0 Å². The largest absolute Gasteiger partial charge is 0.352 e. The molecule has 1 aliphatic rings. The number of anilines is 1. The van der Waals surface area contributed by atoms with E-state index < -0.39 is 0 Å². The van der Waals surface area contributed by atoms with Gasteiger partial charge in [-0.2, -0.15) is 5.10 Å². The highest BCUT2D eigenvalue weighted by atomic mass is 15.3. The molecule has 1 aromatic carbocycles. The SMILES string of the molecule is CN=C(NCc1cn[nH]c1C)N1CCc2ccccc21. The van der Waals surface area contributed by atoms with Crippen molar-refractivity contribution in [3.63, 3.8) is 0 Å². The summed E-state index contributed by atoms with van der Waals surface area (Å²) in [6.45, 7) is 3.73. The summed E-state index contributed by atoms with van der Waals surface area (Å²) in [6.07, 6.45) is 2.93. The van der Waals surface area contributed by atoms with Crippen molar-refractivity contribution in [1.82, 2.24) is 15.5 Å². The molecular formula is C15H19N5. The zero-order chi connectivity index (χ0) is 13.9. The summed E-state index contributed by atoms with van der Waals surface area (Å²) in [5.41, 5.74) is 4.90. The fourth-order valence-electron chi connectivity index (χ4n) is 2.58. The third-order valence-corrected chi connectivity index (χ3v) is 3.73. The van der Waals surface area contributed by atoms with E-state index in [9.17, 15) is 0 Å². The maximum Gasteiger partial charge on any atom is 0.198 e. The van der Waals surface area contributed by atoms with Crippen LogP contribution in [0.25, 0.3) is 0 Å². The number of aromatic amines is 1. The second-order valence-electron chi connectivity index (χ2n) is 4.95. The average Bonchev–Trinajstić information content (AvgIpc) is 3.07. The summed E-state index contributed by atoms with van der Waals surface area (Å²) in [6, 6.07) is 8.50. The van der Waals surface area contributed by atoms with Crippen LogP contribution in [0.1, 0.15) is 16.8 Å². The summed E-state index contributed by atoms with van der Waals surface area (Å²) >= 11 is 0. The number of rotatable bonds is 2. The Balaban J connectivity index is 1.74. The highest BCUT2D eigenvalue weighted by molar-refractivity contribution is 5.97. The second-order valence-corrected chi connectivity index (χ2v) is 4.95. The minimum Gasteiger partial charge on any atom is -0.352 e. The van der Waals surface area contributed by atoms with Gasteiger partial charge in [-0.25, -0.2) is 0 Å². The van der Waals surface area contributed by atoms with Crippen LogP contribution in [0.15, 0.2) is 35.5 Å². The lowest BCUT2D eigenvalue weighted by Gasteiger charge is -2.22. The van der Waals surface area contributed by atoms with Crippen molar-refractivity contribution in [3.05, 3.63) is 47.3 Å². The third kappa shape index (κ3) is 2.27. The Morgan fingerprint density at radius 2 is 2.30 bits per heavy atom. The predicted molar refractivity (Wildman–Crippen MR) is 81.0 cm³/mol. The van der Waals surface area contributed by atoms with Crippen LogP contribution in [0.4, 0.5) is 5.69 Å². The van der Waals surface area contributed by atoms with Crippen LogP contribution in [0, 0.1) is 6.92 Å². The molecule has 0 saturated carbocycles. The molecule has 2 aromatic rings. The minimum absolute atomic E-state index is 0.730. The van der Waals surface area contributed by atoms with E-state index in [1.165, 1.54) is 16.8 Å². The molecule has 0 atom stereocenters. The van der Waals surface area contributed by atoms with Crippen molar-refractivity contribution in [2.45, 2.75) is 19.9 Å². The highest BCUT2D eigenvalue weighted by Crippen LogP contribution is 2.27. The number of aromatic nitrogens is 2. The molecule has 5 nitrogen and oxygen atoms in total. The number of guanidine groups is 1. The average molecular weight is 269 g/mol. The molecule has 1 aliphatic heterocycles. The van der Waals surface area contributed by atoms with Gasteiger partial charge in [0.15, 0.2) is 5.96 Å². The topological polar surface area (TPSA) is 56.3 Å². The minimum atomic E-state index is 0.730. The molecule has 5 heteroatoms. The molecule has 20 heavy (non-hydrogen) atoms. The monoisotopic (exact) mass is 269 g/mol. The standard InChI is InChI=1S/C15H19N5/c1-11-13(10-18-19-11)9-17-15(16-2)20-8-7-12-5-3-4-6-14(12)20/h3-6,10H,7-9H2,1-2H3,(H,16,17)(H,18,19). The number of aliphatic imine (C=N–C) groups is 1. The first-order valence-electron chi connectivity index (χ1n) is 6.84. The number of fused-ring (bicyclic) bond motifs is 1. The molecule has 2 N–H and O–H groups in total. The van der Waals surface area contributed by atoms with Gasteiger partial charge >= 0.3 is 0 Å². The van der Waals surface area contributed by atoms with Gasteiger partial charge in [0.25, 0.3) is 0 Å². The molecule has 1 aromatic heterocycles. The molecule has 0 saturated heterocycles. The van der Waals surface area contributed by atoms with Crippen LogP contribution in [0.2, 0.25) is 0 Å². The normalized spacial score (nSPS) is 14.5. The third-order valence-electron chi connectivity index (χ3n) is 3.73. The Kier molecular flexibility index (Phi) is 3.41. The van der Waals surface area contributed by atoms with Crippen LogP contribution in [-0.2, 0) is 13.0 Å². The maximum absolute atomic E-state index is 4.40. The lowest BCUT2D eigenvalue weighted by molar-refractivity contribution is 0.861. The summed E-state index contributed by atoms with van der Waals surface area (Å²) in [5, 5.41) is 10.4. The zero-order valence-corrected chi connectivity index (χ0v) is 11.8. The zero-order valence-electron chi connectivity index (χ0n) is 11.8. The van der Waals surface area contributed by atoms with Gasteiger partial charge in [0, 0.05) is 37.1 Å². The Morgan fingerprint density at radius 3 is 3.05 bits per heavy atom. The van der Waals surface area contributed by atoms with Gasteiger partial charge in [-0.1, -0.05) is 18.2 Å². The maximum atomic E-state index is 4.40. The number of benzene rings is 1. The molecule has 0 fully saturated rings. The van der Waals surface area contributed by atoms with Crippen molar-refractivity contribution >= 4 is 11.6 Å². The smallest absolute Gasteiger partial charge is 0.198 e. The first-order chi connectivity index (χ1) is 9.79. The molecular weight excluding hydrogens is 250 g/mol. The number of aryl methyl sites for hydroxylation is 1. The predicted octanol–water partition coefficient (Wildman–Crippen LogP) is 1.86. The van der Waals surface area contributed by atoms with Crippen molar-refractivity contribution in [2.24, 2.45) is 4.99 Å². The van der Waals surface area contributed by atoms with Gasteiger partial charge in [-0.3, -0.25) is 10.1 Å². The molecule has 0 amide bonds. The summed E-state index contributed by atoms with van der Waals surface area (Å²) < 4.78 is 0. The number of hydrogen-bond donors (Lipinski definition) is 2. The van der Waals surface area contributed by atoms with Gasteiger partial charge in [-0.05, 0) is 25.0 Å². The lowest BCUT2D eigenvalue weighted by Crippen LogP contribution is -2.40. The Hall–Kier alpha value is -2.30. The molecule has 104 valence electrons. The molecule has 0 aliphatic carbocycles. The second kappa shape index (κ2) is 5.36. The van der Waals surface area contributed by atoms with Gasteiger partial charge in [0.2, 0.25) is 0 Å². The number of H-pyrrole nitrogens is 1. The molecule has 0 bridgehead atoms. The van der Waals surface area contributed by atoms with Crippen molar-refractivity contribution in [1.29, 1.82) is 0 Å². The van der Waals surface area contributed by atoms with E-state index in [2.05, 4.69) is 49.7 Å².